The molecule has 2 aromatic carbocycles. The van der Waals surface area contributed by atoms with Gasteiger partial charge < -0.3 is 10.1 Å². The lowest BCUT2D eigenvalue weighted by Gasteiger charge is -2.14. The summed E-state index contributed by atoms with van der Waals surface area (Å²) < 4.78 is 5.61. The van der Waals surface area contributed by atoms with Gasteiger partial charge in [-0.3, -0.25) is 9.78 Å². The van der Waals surface area contributed by atoms with E-state index in [0.29, 0.717) is 23.2 Å². The van der Waals surface area contributed by atoms with Crippen molar-refractivity contribution < 1.29 is 14.3 Å². The van der Waals surface area contributed by atoms with E-state index in [1.807, 2.05) is 44.2 Å². The zero-order valence-electron chi connectivity index (χ0n) is 15.2. The molecule has 1 heterocycles. The van der Waals surface area contributed by atoms with Gasteiger partial charge in [0.2, 0.25) is 0 Å². The van der Waals surface area contributed by atoms with Crippen molar-refractivity contribution in [2.45, 2.75) is 20.3 Å². The van der Waals surface area contributed by atoms with Gasteiger partial charge in [-0.1, -0.05) is 31.2 Å². The van der Waals surface area contributed by atoms with Crippen LogP contribution in [0, 0.1) is 6.92 Å². The van der Waals surface area contributed by atoms with Gasteiger partial charge >= 0.3 is 5.97 Å². The smallest absolute Gasteiger partial charge is 0.343 e. The maximum absolute atomic E-state index is 12.8. The van der Waals surface area contributed by atoms with Crippen LogP contribution in [-0.2, 0) is 6.42 Å². The first-order valence-corrected chi connectivity index (χ1v) is 8.70. The number of benzene rings is 2. The molecule has 0 fully saturated rings. The average Bonchev–Trinajstić information content (AvgIpc) is 2.68. The lowest BCUT2D eigenvalue weighted by atomic mass is 10.1. The highest BCUT2D eigenvalue weighted by molar-refractivity contribution is 6.07. The van der Waals surface area contributed by atoms with Gasteiger partial charge in [0.05, 0.1) is 11.1 Å². The molecule has 0 bridgehead atoms. The molecule has 5 heteroatoms. The molecule has 0 saturated carbocycles. The van der Waals surface area contributed by atoms with Gasteiger partial charge in [0, 0.05) is 18.1 Å². The minimum Gasteiger partial charge on any atom is -0.422 e. The SMILES string of the molecule is CCc1cccc(C(=O)Nc2cccc(C)c2)c1OC(=O)c1ccncc1. The van der Waals surface area contributed by atoms with Crippen molar-refractivity contribution >= 4 is 17.6 Å². The maximum atomic E-state index is 12.8. The molecule has 3 aromatic rings. The van der Waals surface area contributed by atoms with Crippen molar-refractivity contribution in [3.05, 3.63) is 89.2 Å². The summed E-state index contributed by atoms with van der Waals surface area (Å²) in [5.41, 5.74) is 3.21. The highest BCUT2D eigenvalue weighted by Gasteiger charge is 2.19. The van der Waals surface area contributed by atoms with Gasteiger partial charge in [-0.25, -0.2) is 4.79 Å². The van der Waals surface area contributed by atoms with Crippen LogP contribution < -0.4 is 10.1 Å². The van der Waals surface area contributed by atoms with E-state index in [9.17, 15) is 9.59 Å². The third kappa shape index (κ3) is 4.39. The Morgan fingerprint density at radius 2 is 1.78 bits per heavy atom. The number of hydrogen-bond donors (Lipinski definition) is 1. The summed E-state index contributed by atoms with van der Waals surface area (Å²) >= 11 is 0. The third-order valence-electron chi connectivity index (χ3n) is 4.11. The quantitative estimate of drug-likeness (QED) is 0.540. The summed E-state index contributed by atoms with van der Waals surface area (Å²) in [5, 5.41) is 2.86. The van der Waals surface area contributed by atoms with Crippen LogP contribution in [0.5, 0.6) is 5.75 Å². The minimum atomic E-state index is -0.525. The molecular formula is C22H20N2O3. The lowest BCUT2D eigenvalue weighted by molar-refractivity contribution is 0.0731. The van der Waals surface area contributed by atoms with Crippen molar-refractivity contribution in [2.75, 3.05) is 5.32 Å². The molecule has 1 N–H and O–H groups in total. The zero-order chi connectivity index (χ0) is 19.2. The maximum Gasteiger partial charge on any atom is 0.343 e. The van der Waals surface area contributed by atoms with Crippen molar-refractivity contribution in [2.24, 2.45) is 0 Å². The van der Waals surface area contributed by atoms with E-state index in [4.69, 9.17) is 4.74 Å². The number of aromatic nitrogens is 1. The van der Waals surface area contributed by atoms with E-state index in [2.05, 4.69) is 10.3 Å². The Hall–Kier alpha value is -3.47. The number of hydrogen-bond acceptors (Lipinski definition) is 4. The predicted molar refractivity (Wildman–Crippen MR) is 104 cm³/mol. The molecule has 0 saturated heterocycles. The van der Waals surface area contributed by atoms with Gasteiger partial charge in [0.15, 0.2) is 0 Å². The van der Waals surface area contributed by atoms with E-state index >= 15 is 0 Å². The second-order valence-electron chi connectivity index (χ2n) is 6.10. The number of carbonyl (C=O) groups excluding carboxylic acids is 2. The van der Waals surface area contributed by atoms with Gasteiger partial charge in [-0.2, -0.15) is 0 Å². The Labute approximate surface area is 158 Å². The first-order chi connectivity index (χ1) is 13.1. The van der Waals surface area contributed by atoms with Crippen LogP contribution in [0.25, 0.3) is 0 Å². The summed E-state index contributed by atoms with van der Waals surface area (Å²) in [6, 6.07) is 16.0. The molecular weight excluding hydrogens is 340 g/mol. The van der Waals surface area contributed by atoms with Crippen LogP contribution in [0.4, 0.5) is 5.69 Å². The number of anilines is 1. The Balaban J connectivity index is 1.91. The Kier molecular flexibility index (Phi) is 5.61. The lowest BCUT2D eigenvalue weighted by Crippen LogP contribution is -2.17. The minimum absolute atomic E-state index is 0.284. The number of nitrogens with one attached hydrogen (secondary N) is 1. The van der Waals surface area contributed by atoms with Crippen LogP contribution in [0.3, 0.4) is 0 Å². The molecule has 27 heavy (non-hydrogen) atoms. The molecule has 0 aliphatic carbocycles. The summed E-state index contributed by atoms with van der Waals surface area (Å²) in [5.74, 6) is -0.566. The van der Waals surface area contributed by atoms with Gasteiger partial charge in [0.1, 0.15) is 5.75 Å². The standard InChI is InChI=1S/C22H20N2O3/c1-3-16-7-5-9-19(21(25)24-18-8-4-6-15(2)14-18)20(16)27-22(26)17-10-12-23-13-11-17/h4-14H,3H2,1-2H3,(H,24,25). The van der Waals surface area contributed by atoms with Crippen LogP contribution in [0.2, 0.25) is 0 Å². The molecule has 0 aliphatic heterocycles. The van der Waals surface area contributed by atoms with Gasteiger partial charge in [-0.15, -0.1) is 0 Å². The fourth-order valence-corrected chi connectivity index (χ4v) is 2.72. The topological polar surface area (TPSA) is 68.3 Å². The molecule has 0 radical (unpaired) electrons. The van der Waals surface area contributed by atoms with Crippen molar-refractivity contribution in [3.63, 3.8) is 0 Å². The number of para-hydroxylation sites is 1. The largest absolute Gasteiger partial charge is 0.422 e. The van der Waals surface area contributed by atoms with E-state index in [1.54, 1.807) is 24.3 Å². The number of pyridine rings is 1. The zero-order valence-corrected chi connectivity index (χ0v) is 15.2. The van der Waals surface area contributed by atoms with E-state index in [0.717, 1.165) is 11.1 Å². The van der Waals surface area contributed by atoms with E-state index in [-0.39, 0.29) is 11.7 Å². The summed E-state index contributed by atoms with van der Waals surface area (Å²) in [6.45, 7) is 3.90. The predicted octanol–water partition coefficient (Wildman–Crippen LogP) is 4.42. The molecule has 5 nitrogen and oxygen atoms in total. The second kappa shape index (κ2) is 8.27. The van der Waals surface area contributed by atoms with Crippen molar-refractivity contribution in [3.8, 4) is 5.75 Å². The van der Waals surface area contributed by atoms with E-state index in [1.165, 1.54) is 12.4 Å². The fourth-order valence-electron chi connectivity index (χ4n) is 2.72. The number of rotatable bonds is 5. The normalized spacial score (nSPS) is 10.3. The number of carbonyl (C=O) groups is 2. The molecule has 136 valence electrons. The second-order valence-corrected chi connectivity index (χ2v) is 6.10. The van der Waals surface area contributed by atoms with Gasteiger partial charge in [0.25, 0.3) is 5.91 Å². The Morgan fingerprint density at radius 3 is 2.48 bits per heavy atom. The highest BCUT2D eigenvalue weighted by Crippen LogP contribution is 2.27. The number of amides is 1. The van der Waals surface area contributed by atoms with Gasteiger partial charge in [-0.05, 0) is 54.8 Å². The molecule has 3 rings (SSSR count). The van der Waals surface area contributed by atoms with Crippen molar-refractivity contribution in [1.29, 1.82) is 0 Å². The summed E-state index contributed by atoms with van der Waals surface area (Å²) in [7, 11) is 0. The van der Waals surface area contributed by atoms with E-state index < -0.39 is 5.97 Å². The number of esters is 1. The molecule has 1 aromatic heterocycles. The number of nitrogens with zero attached hydrogens (tertiary/aromatic N) is 1. The molecule has 1 amide bonds. The fraction of sp³-hybridized carbons (Fsp3) is 0.136. The van der Waals surface area contributed by atoms with Crippen LogP contribution in [0.1, 0.15) is 38.8 Å². The highest BCUT2D eigenvalue weighted by atomic mass is 16.5. The molecule has 0 spiro atoms. The molecule has 0 unspecified atom stereocenters. The van der Waals surface area contributed by atoms with Crippen LogP contribution in [-0.4, -0.2) is 16.9 Å². The summed E-state index contributed by atoms with van der Waals surface area (Å²) in [6.07, 6.45) is 3.67. The average molecular weight is 360 g/mol. The Bertz CT molecular complexity index is 968. The summed E-state index contributed by atoms with van der Waals surface area (Å²) in [4.78, 5) is 29.2. The first-order valence-electron chi connectivity index (χ1n) is 8.70. The Morgan fingerprint density at radius 1 is 1.04 bits per heavy atom. The third-order valence-corrected chi connectivity index (χ3v) is 4.11. The molecule has 0 atom stereocenters. The number of aryl methyl sites for hydroxylation is 2. The monoisotopic (exact) mass is 360 g/mol. The van der Waals surface area contributed by atoms with Crippen molar-refractivity contribution in [1.82, 2.24) is 4.98 Å². The van der Waals surface area contributed by atoms with Crippen LogP contribution in [0.15, 0.2) is 67.0 Å². The first kappa shape index (κ1) is 18.3. The number of ether oxygens (including phenoxy) is 1. The molecule has 0 aliphatic rings. The van der Waals surface area contributed by atoms with Crippen LogP contribution >= 0.6 is 0 Å².